The lowest BCUT2D eigenvalue weighted by molar-refractivity contribution is -0.384. The number of ketones is 1. The topological polar surface area (TPSA) is 122 Å². The summed E-state index contributed by atoms with van der Waals surface area (Å²) in [5, 5.41) is 17.3. The maximum Gasteiger partial charge on any atom is 0.270 e. The van der Waals surface area contributed by atoms with Crippen LogP contribution in [0.25, 0.3) is 0 Å². The molecular weight excluding hydrogens is 491 g/mol. The Kier molecular flexibility index (Phi) is 4.51. The first-order valence-corrected chi connectivity index (χ1v) is 12.4. The molecule has 0 bridgehead atoms. The molecule has 190 valence electrons. The van der Waals surface area contributed by atoms with Crippen LogP contribution in [0.4, 0.5) is 21.5 Å². The van der Waals surface area contributed by atoms with Gasteiger partial charge in [0.05, 0.1) is 10.8 Å². The van der Waals surface area contributed by atoms with Crippen molar-refractivity contribution in [1.82, 2.24) is 4.90 Å². The second-order valence-electron chi connectivity index (χ2n) is 10.2. The Hall–Kier alpha value is -4.44. The molecule has 0 unspecified atom stereocenters. The number of carbonyl (C=O) groups is 3. The van der Waals surface area contributed by atoms with Crippen molar-refractivity contribution in [3.05, 3.63) is 99.4 Å². The molecule has 2 fully saturated rings. The Bertz CT molecular complexity index is 1610. The first-order valence-electron chi connectivity index (χ1n) is 12.4. The number of carbonyl (C=O) groups excluding carboxylic acids is 3. The molecule has 2 amide bonds. The summed E-state index contributed by atoms with van der Waals surface area (Å²) in [5.41, 5.74) is -1.92. The van der Waals surface area contributed by atoms with E-state index >= 15 is 0 Å². The third-order valence-electron chi connectivity index (χ3n) is 8.68. The molecule has 0 aromatic heterocycles. The van der Waals surface area contributed by atoms with Crippen LogP contribution < -0.4 is 10.6 Å². The van der Waals surface area contributed by atoms with Gasteiger partial charge in [-0.2, -0.15) is 0 Å². The summed E-state index contributed by atoms with van der Waals surface area (Å²) in [6, 6.07) is 15.8. The van der Waals surface area contributed by atoms with Crippen molar-refractivity contribution in [2.75, 3.05) is 17.2 Å². The lowest BCUT2D eigenvalue weighted by atomic mass is 9.57. The molecule has 4 heterocycles. The molecule has 2 N–H and O–H groups in total. The minimum atomic E-state index is -1.74. The molecule has 0 saturated carbocycles. The molecule has 4 aliphatic rings. The molecular formula is C28H21FN4O5. The lowest BCUT2D eigenvalue weighted by Crippen LogP contribution is -2.62. The van der Waals surface area contributed by atoms with E-state index in [1.165, 1.54) is 42.5 Å². The van der Waals surface area contributed by atoms with Crippen molar-refractivity contribution in [3.8, 4) is 0 Å². The molecule has 0 radical (unpaired) electrons. The molecule has 9 nitrogen and oxygen atoms in total. The van der Waals surface area contributed by atoms with Crippen LogP contribution in [0.2, 0.25) is 0 Å². The van der Waals surface area contributed by atoms with Gasteiger partial charge in [-0.05, 0) is 49.2 Å². The van der Waals surface area contributed by atoms with E-state index in [4.69, 9.17) is 0 Å². The molecule has 3 aromatic rings. The number of Topliss-reactive ketones (excluding diaryl/α,β-unsaturated/α-hetero) is 1. The summed E-state index contributed by atoms with van der Waals surface area (Å²) in [6.07, 6.45) is 1.20. The molecule has 10 heteroatoms. The minimum Gasteiger partial charge on any atom is -0.325 e. The van der Waals surface area contributed by atoms with E-state index < -0.39 is 51.3 Å². The van der Waals surface area contributed by atoms with Gasteiger partial charge in [-0.25, -0.2) is 4.39 Å². The fourth-order valence-corrected chi connectivity index (χ4v) is 7.50. The maximum atomic E-state index is 14.8. The van der Waals surface area contributed by atoms with E-state index in [2.05, 4.69) is 10.6 Å². The summed E-state index contributed by atoms with van der Waals surface area (Å²) in [5.74, 6) is -3.11. The number of non-ortho nitro benzene ring substituents is 1. The van der Waals surface area contributed by atoms with E-state index in [0.717, 1.165) is 0 Å². The van der Waals surface area contributed by atoms with Crippen LogP contribution >= 0.6 is 0 Å². The first-order chi connectivity index (χ1) is 18.3. The lowest BCUT2D eigenvalue weighted by Gasteiger charge is -2.43. The largest absolute Gasteiger partial charge is 0.325 e. The number of amides is 2. The molecule has 7 rings (SSSR count). The second kappa shape index (κ2) is 7.55. The van der Waals surface area contributed by atoms with Crippen LogP contribution in [-0.4, -0.2) is 40.0 Å². The van der Waals surface area contributed by atoms with Crippen molar-refractivity contribution in [2.45, 2.75) is 29.8 Å². The highest BCUT2D eigenvalue weighted by molar-refractivity contribution is 6.21. The van der Waals surface area contributed by atoms with Crippen LogP contribution in [0.1, 0.15) is 34.3 Å². The third kappa shape index (κ3) is 2.50. The molecule has 4 aliphatic heterocycles. The third-order valence-corrected chi connectivity index (χ3v) is 8.68. The van der Waals surface area contributed by atoms with E-state index in [0.29, 0.717) is 41.9 Å². The molecule has 0 aliphatic carbocycles. The smallest absolute Gasteiger partial charge is 0.270 e. The number of hydrogen-bond donors (Lipinski definition) is 2. The van der Waals surface area contributed by atoms with Crippen LogP contribution in [0.15, 0.2) is 66.7 Å². The minimum absolute atomic E-state index is 0.0857. The fraction of sp³-hybridized carbons (Fsp3) is 0.250. The summed E-state index contributed by atoms with van der Waals surface area (Å²) in [4.78, 5) is 55.8. The standard InChI is InChI=1S/C28H21FN4O5/c29-16-10-11-21-19(14-16)28(26(36)31-21)27(18-7-1-2-8-20(18)30-25(27)35)23(22-9-4-12-32(22)28)24(34)15-5-3-6-17(13-15)33(37)38/h1-3,5-8,10-11,13-14,22-23H,4,9,12H2,(H,30,35)(H,31,36)/t22-,23-,27+,28-/m0/s1. The van der Waals surface area contributed by atoms with Gasteiger partial charge in [0.1, 0.15) is 16.8 Å². The zero-order valence-corrected chi connectivity index (χ0v) is 19.9. The maximum absolute atomic E-state index is 14.8. The average molecular weight is 512 g/mol. The predicted molar refractivity (Wildman–Crippen MR) is 134 cm³/mol. The first kappa shape index (κ1) is 22.7. The monoisotopic (exact) mass is 512 g/mol. The number of benzene rings is 3. The SMILES string of the molecule is O=C(c1cccc([N+](=O)[O-])c1)[C@@H]1[C@@H]2CCCN2[C@@]2(C(=O)Nc3ccc(F)cc32)[C@@]12C(=O)Nc1ccccc12. The van der Waals surface area contributed by atoms with Crippen molar-refractivity contribution in [3.63, 3.8) is 0 Å². The van der Waals surface area contributed by atoms with E-state index in [-0.39, 0.29) is 11.3 Å². The van der Waals surface area contributed by atoms with Gasteiger partial charge in [0.25, 0.3) is 11.6 Å². The molecule has 3 aromatic carbocycles. The number of rotatable bonds is 3. The van der Waals surface area contributed by atoms with Crippen LogP contribution in [0.3, 0.4) is 0 Å². The van der Waals surface area contributed by atoms with E-state index in [1.807, 2.05) is 4.90 Å². The molecule has 2 spiro atoms. The molecule has 38 heavy (non-hydrogen) atoms. The van der Waals surface area contributed by atoms with Crippen molar-refractivity contribution in [1.29, 1.82) is 0 Å². The van der Waals surface area contributed by atoms with Gasteiger partial charge in [0, 0.05) is 40.7 Å². The average Bonchev–Trinajstić information content (AvgIpc) is 3.62. The zero-order valence-electron chi connectivity index (χ0n) is 19.9. The number of nitro groups is 1. The van der Waals surface area contributed by atoms with Crippen molar-refractivity contribution >= 4 is 34.7 Å². The van der Waals surface area contributed by atoms with Gasteiger partial charge in [0.2, 0.25) is 5.91 Å². The number of hydrogen-bond acceptors (Lipinski definition) is 6. The summed E-state index contributed by atoms with van der Waals surface area (Å²) in [6.45, 7) is 0.421. The summed E-state index contributed by atoms with van der Waals surface area (Å²) < 4.78 is 14.8. The van der Waals surface area contributed by atoms with Crippen LogP contribution in [0, 0.1) is 21.8 Å². The molecule has 4 atom stereocenters. The van der Waals surface area contributed by atoms with Gasteiger partial charge < -0.3 is 10.6 Å². The Labute approximate surface area is 215 Å². The quantitative estimate of drug-likeness (QED) is 0.313. The Morgan fingerprint density at radius 3 is 2.55 bits per heavy atom. The van der Waals surface area contributed by atoms with Crippen molar-refractivity contribution < 1.29 is 23.7 Å². The van der Waals surface area contributed by atoms with E-state index in [9.17, 15) is 28.9 Å². The number of anilines is 2. The summed E-state index contributed by atoms with van der Waals surface area (Å²) in [7, 11) is 0. The number of para-hydroxylation sites is 1. The number of nitrogens with zero attached hydrogens (tertiary/aromatic N) is 2. The Morgan fingerprint density at radius 1 is 0.974 bits per heavy atom. The second-order valence-corrected chi connectivity index (χ2v) is 10.2. The predicted octanol–water partition coefficient (Wildman–Crippen LogP) is 3.75. The fourth-order valence-electron chi connectivity index (χ4n) is 7.50. The van der Waals surface area contributed by atoms with Gasteiger partial charge in [-0.1, -0.05) is 30.3 Å². The van der Waals surface area contributed by atoms with Gasteiger partial charge in [0.15, 0.2) is 5.78 Å². The van der Waals surface area contributed by atoms with Gasteiger partial charge in [-0.15, -0.1) is 0 Å². The van der Waals surface area contributed by atoms with Crippen LogP contribution in [-0.2, 0) is 20.5 Å². The number of nitrogens with one attached hydrogen (secondary N) is 2. The summed E-state index contributed by atoms with van der Waals surface area (Å²) >= 11 is 0. The Morgan fingerprint density at radius 2 is 1.74 bits per heavy atom. The number of halogens is 1. The van der Waals surface area contributed by atoms with Crippen LogP contribution in [0.5, 0.6) is 0 Å². The van der Waals surface area contributed by atoms with Gasteiger partial charge in [-0.3, -0.25) is 29.4 Å². The highest BCUT2D eigenvalue weighted by Gasteiger charge is 2.81. The zero-order chi connectivity index (χ0) is 26.4. The Balaban J connectivity index is 1.57. The van der Waals surface area contributed by atoms with Gasteiger partial charge >= 0.3 is 0 Å². The highest BCUT2D eigenvalue weighted by atomic mass is 19.1. The number of fused-ring (bicyclic) bond motifs is 7. The number of nitro benzene ring substituents is 1. The normalized spacial score (nSPS) is 28.8. The van der Waals surface area contributed by atoms with E-state index in [1.54, 1.807) is 24.3 Å². The molecule has 2 saturated heterocycles. The highest BCUT2D eigenvalue weighted by Crippen LogP contribution is 2.67. The van der Waals surface area contributed by atoms with Crippen molar-refractivity contribution in [2.24, 2.45) is 5.92 Å².